The van der Waals surface area contributed by atoms with Crippen LogP contribution in [-0.4, -0.2) is 59.1 Å². The number of rotatable bonds is 2. The number of nitrogens with one attached hydrogen (secondary N) is 2. The Kier molecular flexibility index (Phi) is 8.20. The van der Waals surface area contributed by atoms with Crippen LogP contribution in [0.4, 0.5) is 0 Å². The monoisotopic (exact) mass is 538 g/mol. The third kappa shape index (κ3) is 6.37. The van der Waals surface area contributed by atoms with Crippen LogP contribution in [0.5, 0.6) is 5.75 Å². The predicted octanol–water partition coefficient (Wildman–Crippen LogP) is 4.04. The molecule has 0 unspecified atom stereocenters. The molecule has 4 bridgehead atoms. The van der Waals surface area contributed by atoms with Crippen LogP contribution in [0.2, 0.25) is 0 Å². The van der Waals surface area contributed by atoms with E-state index >= 15 is 0 Å². The van der Waals surface area contributed by atoms with Gasteiger partial charge in [0.25, 0.3) is 11.8 Å². The van der Waals surface area contributed by atoms with Gasteiger partial charge in [-0.15, -0.1) is 0 Å². The molecule has 0 aliphatic carbocycles. The van der Waals surface area contributed by atoms with Gasteiger partial charge in [-0.2, -0.15) is 0 Å². The first kappa shape index (κ1) is 26.7. The zero-order valence-corrected chi connectivity index (χ0v) is 21.9. The summed E-state index contributed by atoms with van der Waals surface area (Å²) in [6.07, 6.45) is 1.70. The smallest absolute Gasteiger partial charge is 0.276 e. The molecular formula is C31H30N4O5. The zero-order valence-electron chi connectivity index (χ0n) is 21.9. The summed E-state index contributed by atoms with van der Waals surface area (Å²) in [6, 6.07) is 23.3. The summed E-state index contributed by atoms with van der Waals surface area (Å²) >= 11 is 0. The lowest BCUT2D eigenvalue weighted by atomic mass is 9.98. The first-order valence-corrected chi connectivity index (χ1v) is 13.3. The van der Waals surface area contributed by atoms with Gasteiger partial charge in [-0.3, -0.25) is 14.4 Å². The van der Waals surface area contributed by atoms with Gasteiger partial charge in [-0.25, -0.2) is 0 Å². The molecule has 1 aromatic heterocycles. The minimum absolute atomic E-state index is 0.108. The van der Waals surface area contributed by atoms with Crippen LogP contribution >= 0.6 is 0 Å². The van der Waals surface area contributed by atoms with Crippen LogP contribution in [0.25, 0.3) is 22.5 Å². The van der Waals surface area contributed by atoms with Crippen molar-refractivity contribution >= 4 is 17.7 Å². The highest BCUT2D eigenvalue weighted by atomic mass is 16.5. The van der Waals surface area contributed by atoms with Crippen molar-refractivity contribution in [3.63, 3.8) is 0 Å². The van der Waals surface area contributed by atoms with Crippen LogP contribution in [0.15, 0.2) is 83.4 Å². The van der Waals surface area contributed by atoms with Crippen LogP contribution in [0.1, 0.15) is 39.3 Å². The highest BCUT2D eigenvalue weighted by molar-refractivity contribution is 5.96. The molecule has 9 heteroatoms. The summed E-state index contributed by atoms with van der Waals surface area (Å²) in [5.74, 6) is -0.338. The Labute approximate surface area is 231 Å². The van der Waals surface area contributed by atoms with E-state index in [4.69, 9.17) is 4.52 Å². The maximum atomic E-state index is 13.3. The molecule has 1 aliphatic rings. The first-order valence-electron chi connectivity index (χ1n) is 13.3. The van der Waals surface area contributed by atoms with Crippen molar-refractivity contribution in [3.05, 3.63) is 95.7 Å². The molecule has 0 atom stereocenters. The van der Waals surface area contributed by atoms with Gasteiger partial charge in [-0.05, 0) is 54.7 Å². The second-order valence-corrected chi connectivity index (χ2v) is 9.66. The van der Waals surface area contributed by atoms with Crippen molar-refractivity contribution in [3.8, 4) is 28.2 Å². The van der Waals surface area contributed by atoms with Crippen LogP contribution in [0, 0.1) is 0 Å². The van der Waals surface area contributed by atoms with E-state index in [9.17, 15) is 19.5 Å². The van der Waals surface area contributed by atoms with Crippen LogP contribution < -0.4 is 10.6 Å². The Morgan fingerprint density at radius 2 is 1.65 bits per heavy atom. The lowest BCUT2D eigenvalue weighted by molar-refractivity contribution is -0.121. The van der Waals surface area contributed by atoms with E-state index in [1.807, 2.05) is 42.5 Å². The van der Waals surface area contributed by atoms with Gasteiger partial charge in [0.05, 0.1) is 6.54 Å². The van der Waals surface area contributed by atoms with Crippen LogP contribution in [0.3, 0.4) is 0 Å². The zero-order chi connectivity index (χ0) is 27.9. The van der Waals surface area contributed by atoms with Crippen LogP contribution in [-0.2, 0) is 11.2 Å². The molecular weight excluding hydrogens is 508 g/mol. The molecule has 3 amide bonds. The number of phenols is 1. The third-order valence-electron chi connectivity index (χ3n) is 6.78. The molecule has 2 heterocycles. The summed E-state index contributed by atoms with van der Waals surface area (Å²) < 4.78 is 5.40. The maximum absolute atomic E-state index is 13.3. The second kappa shape index (κ2) is 12.3. The summed E-state index contributed by atoms with van der Waals surface area (Å²) in [5.41, 5.74) is 3.66. The number of benzene rings is 3. The molecule has 4 aromatic rings. The molecule has 3 N–H and O–H groups in total. The fourth-order valence-electron chi connectivity index (χ4n) is 4.63. The normalized spacial score (nSPS) is 14.9. The number of carbonyl (C=O) groups is 3. The van der Waals surface area contributed by atoms with Gasteiger partial charge in [0.2, 0.25) is 5.91 Å². The SMILES string of the molecule is O=C1CN(C(=O)c2cc(-c3ccccc3)on2)CCCCNC(=O)c2cccc(c2)-c2cc(ccc2O)CCN1. The minimum atomic E-state index is -0.403. The Morgan fingerprint density at radius 3 is 2.50 bits per heavy atom. The summed E-state index contributed by atoms with van der Waals surface area (Å²) in [5, 5.41) is 20.2. The largest absolute Gasteiger partial charge is 0.507 e. The number of nitrogens with zero attached hydrogens (tertiary/aromatic N) is 2. The molecule has 9 nitrogen and oxygen atoms in total. The number of carbonyl (C=O) groups excluding carboxylic acids is 3. The topological polar surface area (TPSA) is 125 Å². The first-order chi connectivity index (χ1) is 19.5. The van der Waals surface area contributed by atoms with Gasteiger partial charge in [0.1, 0.15) is 5.75 Å². The highest BCUT2D eigenvalue weighted by Crippen LogP contribution is 2.31. The van der Waals surface area contributed by atoms with E-state index in [2.05, 4.69) is 15.8 Å². The quantitative estimate of drug-likeness (QED) is 0.354. The molecule has 0 fully saturated rings. The van der Waals surface area contributed by atoms with Crippen molar-refractivity contribution in [2.45, 2.75) is 19.3 Å². The Morgan fingerprint density at radius 1 is 0.850 bits per heavy atom. The van der Waals surface area contributed by atoms with E-state index < -0.39 is 5.91 Å². The van der Waals surface area contributed by atoms with Gasteiger partial charge < -0.3 is 25.2 Å². The lowest BCUT2D eigenvalue weighted by Gasteiger charge is -2.21. The number of amides is 3. The Bertz CT molecular complexity index is 1520. The number of hydrogen-bond donors (Lipinski definition) is 3. The van der Waals surface area contributed by atoms with Crippen molar-refractivity contribution < 1.29 is 24.0 Å². The van der Waals surface area contributed by atoms with Gasteiger partial charge in [-0.1, -0.05) is 53.7 Å². The fourth-order valence-corrected chi connectivity index (χ4v) is 4.63. The van der Waals surface area contributed by atoms with E-state index in [1.165, 1.54) is 4.90 Å². The molecule has 0 spiro atoms. The van der Waals surface area contributed by atoms with Crippen molar-refractivity contribution in [1.29, 1.82) is 0 Å². The van der Waals surface area contributed by atoms with Crippen molar-refractivity contribution in [2.24, 2.45) is 0 Å². The molecule has 3 aromatic carbocycles. The minimum Gasteiger partial charge on any atom is -0.507 e. The van der Waals surface area contributed by atoms with E-state index in [-0.39, 0.29) is 29.8 Å². The maximum Gasteiger partial charge on any atom is 0.276 e. The molecule has 5 rings (SSSR count). The van der Waals surface area contributed by atoms with Gasteiger partial charge >= 0.3 is 0 Å². The summed E-state index contributed by atoms with van der Waals surface area (Å²) in [4.78, 5) is 40.4. The average molecular weight is 539 g/mol. The van der Waals surface area contributed by atoms with Crippen molar-refractivity contribution in [2.75, 3.05) is 26.2 Å². The molecule has 0 saturated carbocycles. The van der Waals surface area contributed by atoms with Crippen molar-refractivity contribution in [1.82, 2.24) is 20.7 Å². The highest BCUT2D eigenvalue weighted by Gasteiger charge is 2.23. The molecule has 204 valence electrons. The number of aromatic hydroxyl groups is 1. The van der Waals surface area contributed by atoms with E-state index in [1.54, 1.807) is 36.4 Å². The lowest BCUT2D eigenvalue weighted by Crippen LogP contribution is -2.42. The predicted molar refractivity (Wildman–Crippen MR) is 150 cm³/mol. The number of fused-ring (bicyclic) bond motifs is 5. The Hall–Kier alpha value is -4.92. The summed E-state index contributed by atoms with van der Waals surface area (Å²) in [6.45, 7) is 0.937. The molecule has 1 aliphatic heterocycles. The number of aromatic nitrogens is 1. The second-order valence-electron chi connectivity index (χ2n) is 9.66. The summed E-state index contributed by atoms with van der Waals surface area (Å²) in [7, 11) is 0. The average Bonchev–Trinajstić information content (AvgIpc) is 3.47. The van der Waals surface area contributed by atoms with Gasteiger partial charge in [0, 0.05) is 42.4 Å². The number of hydrogen-bond acceptors (Lipinski definition) is 6. The molecule has 40 heavy (non-hydrogen) atoms. The van der Waals surface area contributed by atoms with Gasteiger partial charge in [0.15, 0.2) is 11.5 Å². The van der Waals surface area contributed by atoms with E-state index in [0.717, 1.165) is 16.7 Å². The van der Waals surface area contributed by atoms with E-state index in [0.29, 0.717) is 55.8 Å². The number of phenolic OH excluding ortho intramolecular Hbond substituents is 1. The standard InChI is InChI=1S/C31H30N4O5/c36-27-12-11-21-13-15-32-29(37)20-35(31(39)26-19-28(40-34-26)22-7-2-1-3-8-22)16-5-4-14-33-30(38)24-10-6-9-23(18-24)25(27)17-21/h1-3,6-12,17-19,36H,4-5,13-16,20H2,(H,32,37)(H,33,38). The Balaban J connectivity index is 1.34. The molecule has 0 saturated heterocycles. The fraction of sp³-hybridized carbons (Fsp3) is 0.226. The molecule has 0 radical (unpaired) electrons. The third-order valence-corrected chi connectivity index (χ3v) is 6.78.